The Hall–Kier alpha value is -0.500. The Balaban J connectivity index is 1.55. The fourth-order valence-electron chi connectivity index (χ4n) is 3.81. The zero-order chi connectivity index (χ0) is 10.3. The molecule has 0 amide bonds. The molecule has 0 radical (unpaired) electrons. The largest absolute Gasteiger partial charge is 0.501 e. The average molecular weight is 208 g/mol. The molecule has 3 fully saturated rings. The van der Waals surface area contributed by atoms with Gasteiger partial charge in [0.2, 0.25) is 0 Å². The highest BCUT2D eigenvalue weighted by Gasteiger charge is 2.53. The summed E-state index contributed by atoms with van der Waals surface area (Å²) in [7, 11) is 0. The van der Waals surface area contributed by atoms with E-state index in [1.807, 2.05) is 19.3 Å². The van der Waals surface area contributed by atoms with Crippen LogP contribution in [0.2, 0.25) is 0 Å². The summed E-state index contributed by atoms with van der Waals surface area (Å²) < 4.78 is 11.5. The molecule has 0 N–H and O–H groups in total. The number of fused-ring (bicyclic) bond motifs is 5. The molecular formula is C13H20O2. The molecule has 1 saturated carbocycles. The Labute approximate surface area is 91.6 Å². The Morgan fingerprint density at radius 2 is 1.87 bits per heavy atom. The van der Waals surface area contributed by atoms with Crippen LogP contribution in [0.5, 0.6) is 0 Å². The molecule has 15 heavy (non-hydrogen) atoms. The highest BCUT2D eigenvalue weighted by Crippen LogP contribution is 2.53. The van der Waals surface area contributed by atoms with Crippen molar-refractivity contribution >= 4 is 0 Å². The van der Waals surface area contributed by atoms with Crippen LogP contribution in [0.25, 0.3) is 0 Å². The van der Waals surface area contributed by atoms with Crippen molar-refractivity contribution in [3.05, 3.63) is 12.3 Å². The molecule has 4 atom stereocenters. The second-order valence-corrected chi connectivity index (χ2v) is 5.26. The molecule has 2 aliphatic heterocycles. The SMILES string of the molecule is C/C=C/OCC1CC2C3CCC(O3)C2C1. The third kappa shape index (κ3) is 1.59. The number of hydrogen-bond acceptors (Lipinski definition) is 2. The first-order valence-corrected chi connectivity index (χ1v) is 6.26. The molecule has 4 unspecified atom stereocenters. The predicted octanol–water partition coefficient (Wildman–Crippen LogP) is 2.74. The molecule has 1 aliphatic carbocycles. The van der Waals surface area contributed by atoms with Crippen molar-refractivity contribution in [1.29, 1.82) is 0 Å². The van der Waals surface area contributed by atoms with E-state index >= 15 is 0 Å². The second-order valence-electron chi connectivity index (χ2n) is 5.26. The minimum atomic E-state index is 0.603. The molecular weight excluding hydrogens is 188 g/mol. The minimum Gasteiger partial charge on any atom is -0.501 e. The molecule has 2 bridgehead atoms. The van der Waals surface area contributed by atoms with Crippen LogP contribution in [0.3, 0.4) is 0 Å². The van der Waals surface area contributed by atoms with E-state index in [0.29, 0.717) is 12.2 Å². The number of ether oxygens (including phenoxy) is 2. The molecule has 84 valence electrons. The molecule has 2 heterocycles. The van der Waals surface area contributed by atoms with Gasteiger partial charge in [0.25, 0.3) is 0 Å². The summed E-state index contributed by atoms with van der Waals surface area (Å²) in [6.45, 7) is 2.91. The van der Waals surface area contributed by atoms with Crippen molar-refractivity contribution < 1.29 is 9.47 Å². The van der Waals surface area contributed by atoms with Gasteiger partial charge >= 0.3 is 0 Å². The Morgan fingerprint density at radius 3 is 2.47 bits per heavy atom. The second kappa shape index (κ2) is 3.82. The van der Waals surface area contributed by atoms with E-state index in [2.05, 4.69) is 0 Å². The maximum atomic E-state index is 5.96. The van der Waals surface area contributed by atoms with Crippen LogP contribution < -0.4 is 0 Å². The topological polar surface area (TPSA) is 18.5 Å². The van der Waals surface area contributed by atoms with Gasteiger partial charge in [0.1, 0.15) is 0 Å². The van der Waals surface area contributed by atoms with Gasteiger partial charge in [-0.2, -0.15) is 0 Å². The van der Waals surface area contributed by atoms with Crippen molar-refractivity contribution in [3.8, 4) is 0 Å². The first kappa shape index (κ1) is 9.71. The molecule has 2 saturated heterocycles. The third-order valence-electron chi connectivity index (χ3n) is 4.37. The first-order valence-electron chi connectivity index (χ1n) is 6.26. The predicted molar refractivity (Wildman–Crippen MR) is 58.4 cm³/mol. The van der Waals surface area contributed by atoms with Crippen LogP contribution in [-0.2, 0) is 9.47 Å². The third-order valence-corrected chi connectivity index (χ3v) is 4.37. The monoisotopic (exact) mass is 208 g/mol. The molecule has 3 rings (SSSR count). The summed E-state index contributed by atoms with van der Waals surface area (Å²) in [6, 6.07) is 0. The lowest BCUT2D eigenvalue weighted by Gasteiger charge is -2.19. The van der Waals surface area contributed by atoms with Gasteiger partial charge in [0.15, 0.2) is 0 Å². The quantitative estimate of drug-likeness (QED) is 0.664. The van der Waals surface area contributed by atoms with Gasteiger partial charge in [-0.05, 0) is 50.4 Å². The van der Waals surface area contributed by atoms with E-state index in [9.17, 15) is 0 Å². The molecule has 0 aromatic carbocycles. The van der Waals surface area contributed by atoms with Gasteiger partial charge in [-0.25, -0.2) is 0 Å². The van der Waals surface area contributed by atoms with Gasteiger partial charge in [0.05, 0.1) is 25.1 Å². The zero-order valence-corrected chi connectivity index (χ0v) is 9.39. The summed E-state index contributed by atoms with van der Waals surface area (Å²) in [5.41, 5.74) is 0. The van der Waals surface area contributed by atoms with E-state index in [4.69, 9.17) is 9.47 Å². The molecule has 3 aliphatic rings. The summed E-state index contributed by atoms with van der Waals surface area (Å²) in [6.07, 6.45) is 10.3. The molecule has 2 nitrogen and oxygen atoms in total. The van der Waals surface area contributed by atoms with Gasteiger partial charge in [0, 0.05) is 0 Å². The lowest BCUT2D eigenvalue weighted by atomic mass is 9.82. The van der Waals surface area contributed by atoms with Gasteiger partial charge in [-0.15, -0.1) is 0 Å². The minimum absolute atomic E-state index is 0.603. The summed E-state index contributed by atoms with van der Waals surface area (Å²) in [5, 5.41) is 0. The fourth-order valence-corrected chi connectivity index (χ4v) is 3.81. The van der Waals surface area contributed by atoms with E-state index in [1.54, 1.807) is 0 Å². The summed E-state index contributed by atoms with van der Waals surface area (Å²) in [5.74, 6) is 2.51. The van der Waals surface area contributed by atoms with Crippen LogP contribution in [0.4, 0.5) is 0 Å². The summed E-state index contributed by atoms with van der Waals surface area (Å²) >= 11 is 0. The van der Waals surface area contributed by atoms with Gasteiger partial charge < -0.3 is 9.47 Å². The number of hydrogen-bond donors (Lipinski definition) is 0. The molecule has 0 spiro atoms. The molecule has 0 aromatic rings. The van der Waals surface area contributed by atoms with E-state index in [0.717, 1.165) is 24.4 Å². The van der Waals surface area contributed by atoms with Crippen LogP contribution in [0, 0.1) is 17.8 Å². The molecule has 0 aromatic heterocycles. The van der Waals surface area contributed by atoms with Crippen molar-refractivity contribution in [3.63, 3.8) is 0 Å². The lowest BCUT2D eigenvalue weighted by molar-refractivity contribution is 0.0709. The smallest absolute Gasteiger partial charge is 0.0901 e. The van der Waals surface area contributed by atoms with E-state index < -0.39 is 0 Å². The van der Waals surface area contributed by atoms with Crippen LogP contribution in [-0.4, -0.2) is 18.8 Å². The highest BCUT2D eigenvalue weighted by molar-refractivity contribution is 5.01. The Kier molecular flexibility index (Phi) is 2.47. The number of rotatable bonds is 3. The normalized spacial score (nSPS) is 47.7. The van der Waals surface area contributed by atoms with Crippen molar-refractivity contribution in [2.75, 3.05) is 6.61 Å². The Morgan fingerprint density at radius 1 is 1.20 bits per heavy atom. The van der Waals surface area contributed by atoms with Crippen LogP contribution in [0.15, 0.2) is 12.3 Å². The van der Waals surface area contributed by atoms with Crippen LogP contribution in [0.1, 0.15) is 32.6 Å². The van der Waals surface area contributed by atoms with E-state index in [1.165, 1.54) is 25.7 Å². The highest BCUT2D eigenvalue weighted by atomic mass is 16.5. The van der Waals surface area contributed by atoms with Crippen molar-refractivity contribution in [2.24, 2.45) is 17.8 Å². The fraction of sp³-hybridized carbons (Fsp3) is 0.846. The maximum Gasteiger partial charge on any atom is 0.0901 e. The standard InChI is InChI=1S/C13H20O2/c1-2-5-14-8-9-6-10-11(7-9)13-4-3-12(10)15-13/h2,5,9-13H,3-4,6-8H2,1H3/b5-2+. The maximum absolute atomic E-state index is 5.96. The first-order chi connectivity index (χ1) is 7.38. The number of allylic oxidation sites excluding steroid dienone is 1. The Bertz CT molecular complexity index is 243. The van der Waals surface area contributed by atoms with Crippen molar-refractivity contribution in [2.45, 2.75) is 44.8 Å². The van der Waals surface area contributed by atoms with Crippen molar-refractivity contribution in [1.82, 2.24) is 0 Å². The molecule has 2 heteroatoms. The lowest BCUT2D eigenvalue weighted by Crippen LogP contribution is -2.21. The van der Waals surface area contributed by atoms with Gasteiger partial charge in [-0.3, -0.25) is 0 Å². The zero-order valence-electron chi connectivity index (χ0n) is 9.39. The van der Waals surface area contributed by atoms with E-state index in [-0.39, 0.29) is 0 Å². The average Bonchev–Trinajstić information content (AvgIpc) is 2.89. The van der Waals surface area contributed by atoms with Gasteiger partial charge in [-0.1, -0.05) is 6.08 Å². The summed E-state index contributed by atoms with van der Waals surface area (Å²) in [4.78, 5) is 0. The van der Waals surface area contributed by atoms with Crippen LogP contribution >= 0.6 is 0 Å².